The van der Waals surface area contributed by atoms with Crippen molar-refractivity contribution in [2.75, 3.05) is 6.61 Å². The maximum atomic E-state index is 13.4. The summed E-state index contributed by atoms with van der Waals surface area (Å²) < 4.78 is 23.9. The van der Waals surface area contributed by atoms with Gasteiger partial charge in [-0.25, -0.2) is 9.37 Å². The molecule has 1 aromatic carbocycles. The molecule has 0 radical (unpaired) electrons. The minimum Gasteiger partial charge on any atom is -0.484 e. The van der Waals surface area contributed by atoms with Crippen LogP contribution in [0.15, 0.2) is 28.8 Å². The summed E-state index contributed by atoms with van der Waals surface area (Å²) in [5.74, 6) is -0.357. The number of carbonyl (C=O) groups is 2. The average Bonchev–Trinajstić information content (AvgIpc) is 2.99. The summed E-state index contributed by atoms with van der Waals surface area (Å²) in [6.45, 7) is 1.45. The molecule has 2 aromatic rings. The summed E-state index contributed by atoms with van der Waals surface area (Å²) in [6, 6.07) is 4.00. The van der Waals surface area contributed by atoms with Crippen molar-refractivity contribution in [3.05, 3.63) is 46.9 Å². The van der Waals surface area contributed by atoms with Crippen molar-refractivity contribution in [2.45, 2.75) is 37.3 Å². The first-order valence-corrected chi connectivity index (χ1v) is 8.80. The number of carbonyl (C=O) groups excluding carboxylic acids is 2. The Labute approximate surface area is 159 Å². The molecule has 3 fully saturated rings. The van der Waals surface area contributed by atoms with Gasteiger partial charge >= 0.3 is 0 Å². The van der Waals surface area contributed by atoms with Gasteiger partial charge in [0.2, 0.25) is 5.76 Å². The fourth-order valence-electron chi connectivity index (χ4n) is 3.87. The van der Waals surface area contributed by atoms with Crippen molar-refractivity contribution < 1.29 is 23.1 Å². The number of rotatable bonds is 6. The van der Waals surface area contributed by atoms with E-state index in [0.717, 1.165) is 6.07 Å². The predicted molar refractivity (Wildman–Crippen MR) is 93.1 cm³/mol. The topological polar surface area (TPSA) is 93.5 Å². The Bertz CT molecular complexity index is 909. The first kappa shape index (κ1) is 17.8. The standard InChI is InChI=1S/C18H17ClFN3O4/c1-10-21-5-14(27-10)16(25)23-18-7-17(8-18,9-18)22-15(24)6-26-11-2-3-12(19)13(20)4-11/h2-5H,6-9H2,1H3,(H,22,24)(H,23,25). The lowest BCUT2D eigenvalue weighted by Gasteiger charge is -2.70. The van der Waals surface area contributed by atoms with E-state index in [0.29, 0.717) is 25.2 Å². The Morgan fingerprint density at radius 2 is 2.00 bits per heavy atom. The summed E-state index contributed by atoms with van der Waals surface area (Å²) in [7, 11) is 0. The summed E-state index contributed by atoms with van der Waals surface area (Å²) in [5.41, 5.74) is -0.610. The largest absolute Gasteiger partial charge is 0.484 e. The molecule has 1 heterocycles. The molecule has 1 aromatic heterocycles. The van der Waals surface area contributed by atoms with Crippen LogP contribution in [0.2, 0.25) is 5.02 Å². The van der Waals surface area contributed by atoms with Gasteiger partial charge in [0.05, 0.1) is 11.2 Å². The van der Waals surface area contributed by atoms with Crippen LogP contribution >= 0.6 is 11.6 Å². The number of amides is 2. The first-order chi connectivity index (χ1) is 12.8. The number of benzene rings is 1. The summed E-state index contributed by atoms with van der Waals surface area (Å²) >= 11 is 5.60. The van der Waals surface area contributed by atoms with Crippen LogP contribution in [0, 0.1) is 12.7 Å². The smallest absolute Gasteiger partial charge is 0.289 e. The minimum atomic E-state index is -0.603. The molecule has 142 valence electrons. The zero-order valence-corrected chi connectivity index (χ0v) is 15.2. The highest BCUT2D eigenvalue weighted by Gasteiger charge is 2.69. The molecular formula is C18H17ClFN3O4. The van der Waals surface area contributed by atoms with Crippen LogP contribution in [0.4, 0.5) is 4.39 Å². The van der Waals surface area contributed by atoms with E-state index in [9.17, 15) is 14.0 Å². The Hall–Kier alpha value is -2.61. The number of aromatic nitrogens is 1. The van der Waals surface area contributed by atoms with Gasteiger partial charge in [0.25, 0.3) is 11.8 Å². The number of halogens is 2. The molecule has 3 aliphatic carbocycles. The van der Waals surface area contributed by atoms with Crippen molar-refractivity contribution >= 4 is 23.4 Å². The molecule has 9 heteroatoms. The highest BCUT2D eigenvalue weighted by atomic mass is 35.5. The molecule has 27 heavy (non-hydrogen) atoms. The van der Waals surface area contributed by atoms with Gasteiger partial charge in [0.1, 0.15) is 11.6 Å². The number of nitrogens with zero attached hydrogens (tertiary/aromatic N) is 1. The Morgan fingerprint density at radius 3 is 2.63 bits per heavy atom. The predicted octanol–water partition coefficient (Wildman–Crippen LogP) is 2.38. The van der Waals surface area contributed by atoms with E-state index in [4.69, 9.17) is 20.8 Å². The highest BCUT2D eigenvalue weighted by Crippen LogP contribution is 2.60. The molecule has 0 unspecified atom stereocenters. The molecule has 0 saturated heterocycles. The first-order valence-electron chi connectivity index (χ1n) is 8.42. The van der Waals surface area contributed by atoms with Crippen LogP contribution in [0.3, 0.4) is 0 Å². The molecule has 0 atom stereocenters. The van der Waals surface area contributed by atoms with Crippen molar-refractivity contribution in [1.29, 1.82) is 0 Å². The van der Waals surface area contributed by atoms with Crippen molar-refractivity contribution in [1.82, 2.24) is 15.6 Å². The van der Waals surface area contributed by atoms with Crippen LogP contribution in [-0.2, 0) is 4.79 Å². The maximum Gasteiger partial charge on any atom is 0.289 e. The molecule has 2 amide bonds. The number of hydrogen-bond acceptors (Lipinski definition) is 5. The third-order valence-electron chi connectivity index (χ3n) is 4.92. The van der Waals surface area contributed by atoms with Gasteiger partial charge in [-0.05, 0) is 31.4 Å². The molecular weight excluding hydrogens is 377 g/mol. The van der Waals surface area contributed by atoms with Gasteiger partial charge in [-0.1, -0.05) is 11.6 Å². The Morgan fingerprint density at radius 1 is 1.30 bits per heavy atom. The normalized spacial score (nSPS) is 25.1. The van der Waals surface area contributed by atoms with Crippen molar-refractivity contribution in [3.63, 3.8) is 0 Å². The minimum absolute atomic E-state index is 0.00602. The SMILES string of the molecule is Cc1ncc(C(=O)NC23CC(NC(=O)COc4ccc(Cl)c(F)c4)(C2)C3)o1. The van der Waals surface area contributed by atoms with Crippen molar-refractivity contribution in [3.8, 4) is 5.75 Å². The second-order valence-corrected chi connectivity index (χ2v) is 7.61. The number of ether oxygens (including phenoxy) is 1. The fourth-order valence-corrected chi connectivity index (χ4v) is 3.99. The van der Waals surface area contributed by atoms with Gasteiger partial charge in [-0.15, -0.1) is 0 Å². The van der Waals surface area contributed by atoms with E-state index in [1.54, 1.807) is 6.92 Å². The van der Waals surface area contributed by atoms with E-state index >= 15 is 0 Å². The molecule has 7 nitrogen and oxygen atoms in total. The average molecular weight is 394 g/mol. The molecule has 0 aliphatic heterocycles. The second kappa shape index (κ2) is 6.23. The van der Waals surface area contributed by atoms with E-state index in [-0.39, 0.29) is 46.0 Å². The van der Waals surface area contributed by atoms with Gasteiger partial charge < -0.3 is 19.8 Å². The van der Waals surface area contributed by atoms with Gasteiger partial charge in [-0.3, -0.25) is 9.59 Å². The second-order valence-electron chi connectivity index (χ2n) is 7.20. The monoisotopic (exact) mass is 393 g/mol. The number of aryl methyl sites for hydroxylation is 1. The van der Waals surface area contributed by atoms with Crippen molar-refractivity contribution in [2.24, 2.45) is 0 Å². The molecule has 5 rings (SSSR count). The lowest BCUT2D eigenvalue weighted by molar-refractivity contribution is -0.141. The van der Waals surface area contributed by atoms with Gasteiger partial charge in [-0.2, -0.15) is 0 Å². The van der Waals surface area contributed by atoms with Crippen LogP contribution in [0.5, 0.6) is 5.75 Å². The summed E-state index contributed by atoms with van der Waals surface area (Å²) in [6.07, 6.45) is 3.35. The quantitative estimate of drug-likeness (QED) is 0.786. The lowest BCUT2D eigenvalue weighted by atomic mass is 9.44. The fraction of sp³-hybridized carbons (Fsp3) is 0.389. The van der Waals surface area contributed by atoms with E-state index in [2.05, 4.69) is 15.6 Å². The Balaban J connectivity index is 1.23. The third kappa shape index (κ3) is 3.37. The molecule has 0 spiro atoms. The molecule has 2 bridgehead atoms. The van der Waals surface area contributed by atoms with Gasteiger partial charge in [0.15, 0.2) is 12.5 Å². The lowest BCUT2D eigenvalue weighted by Crippen LogP contribution is -2.84. The zero-order chi connectivity index (χ0) is 19.2. The maximum absolute atomic E-state index is 13.4. The van der Waals surface area contributed by atoms with Crippen LogP contribution in [0.1, 0.15) is 35.7 Å². The number of nitrogens with one attached hydrogen (secondary N) is 2. The third-order valence-corrected chi connectivity index (χ3v) is 5.23. The number of oxazole rings is 1. The van der Waals surface area contributed by atoms with Crippen LogP contribution in [0.25, 0.3) is 0 Å². The zero-order valence-electron chi connectivity index (χ0n) is 14.5. The van der Waals surface area contributed by atoms with E-state index < -0.39 is 5.82 Å². The van der Waals surface area contributed by atoms with Crippen LogP contribution in [-0.4, -0.2) is 34.5 Å². The van der Waals surface area contributed by atoms with E-state index in [1.165, 1.54) is 18.3 Å². The highest BCUT2D eigenvalue weighted by molar-refractivity contribution is 6.30. The Kier molecular flexibility index (Phi) is 4.10. The molecule has 3 saturated carbocycles. The van der Waals surface area contributed by atoms with Gasteiger partial charge in [0, 0.05) is 24.1 Å². The van der Waals surface area contributed by atoms with Crippen LogP contribution < -0.4 is 15.4 Å². The molecule has 2 N–H and O–H groups in total. The number of hydrogen-bond donors (Lipinski definition) is 2. The summed E-state index contributed by atoms with van der Waals surface area (Å²) in [5, 5.41) is 5.87. The van der Waals surface area contributed by atoms with E-state index in [1.807, 2.05) is 0 Å². The summed E-state index contributed by atoms with van der Waals surface area (Å²) in [4.78, 5) is 28.1. The molecule has 3 aliphatic rings.